The molecule has 0 amide bonds. The molecule has 0 saturated carbocycles. The molecule has 0 aliphatic carbocycles. The van der Waals surface area contributed by atoms with Crippen molar-refractivity contribution >= 4 is 11.9 Å². The van der Waals surface area contributed by atoms with Crippen LogP contribution >= 0.6 is 0 Å². The summed E-state index contributed by atoms with van der Waals surface area (Å²) in [7, 11) is 0. The topological polar surface area (TPSA) is 98.8 Å². The molecule has 3 saturated heterocycles. The zero-order chi connectivity index (χ0) is 29.4. The normalized spacial score (nSPS) is 39.3. The van der Waals surface area contributed by atoms with Gasteiger partial charge < -0.3 is 33.2 Å². The Labute approximate surface area is 241 Å². The van der Waals surface area contributed by atoms with E-state index in [-0.39, 0.29) is 42.6 Å². The largest absolute Gasteiger partial charge is 0.466 e. The van der Waals surface area contributed by atoms with E-state index in [0.717, 1.165) is 25.7 Å². The Morgan fingerprint density at radius 1 is 0.850 bits per heavy atom. The lowest BCUT2D eigenvalue weighted by Crippen LogP contribution is -2.43. The van der Waals surface area contributed by atoms with Crippen molar-refractivity contribution in [1.82, 2.24) is 0 Å². The van der Waals surface area contributed by atoms with Crippen LogP contribution in [0.2, 0.25) is 0 Å². The van der Waals surface area contributed by atoms with Crippen molar-refractivity contribution < 1.29 is 42.7 Å². The summed E-state index contributed by atoms with van der Waals surface area (Å²) < 4.78 is 43.2. The van der Waals surface area contributed by atoms with Crippen LogP contribution in [0, 0.1) is 11.8 Å². The number of rotatable bonds is 5. The molecule has 0 aromatic carbocycles. The first kappa shape index (κ1) is 33.2. The van der Waals surface area contributed by atoms with Crippen LogP contribution in [0.5, 0.6) is 0 Å². The van der Waals surface area contributed by atoms with Crippen LogP contribution in [-0.4, -0.2) is 73.9 Å². The van der Waals surface area contributed by atoms with E-state index < -0.39 is 17.2 Å². The molecule has 3 heterocycles. The number of esters is 2. The molecule has 7 atom stereocenters. The fourth-order valence-electron chi connectivity index (χ4n) is 5.91. The molecule has 9 nitrogen and oxygen atoms in total. The smallest absolute Gasteiger partial charge is 0.305 e. The molecular formula is C31H54O9. The summed E-state index contributed by atoms with van der Waals surface area (Å²) in [5.41, 5.74) is -0.446. The maximum atomic E-state index is 12.5. The molecule has 7 unspecified atom stereocenters. The quantitative estimate of drug-likeness (QED) is 0.385. The Morgan fingerprint density at radius 3 is 2.10 bits per heavy atom. The molecule has 0 aromatic heterocycles. The zero-order valence-electron chi connectivity index (χ0n) is 26.0. The van der Waals surface area contributed by atoms with Crippen LogP contribution in [-0.2, 0) is 42.7 Å². The number of carbonyl (C=O) groups excluding carboxylic acids is 2. The van der Waals surface area contributed by atoms with Crippen molar-refractivity contribution in [3.8, 4) is 0 Å². The molecule has 3 aliphatic heterocycles. The second-order valence-corrected chi connectivity index (χ2v) is 13.0. The summed E-state index contributed by atoms with van der Waals surface area (Å²) in [5.74, 6) is -1.77. The summed E-state index contributed by atoms with van der Waals surface area (Å²) in [5, 5.41) is 0. The third-order valence-electron chi connectivity index (χ3n) is 8.21. The van der Waals surface area contributed by atoms with Crippen molar-refractivity contribution in [2.75, 3.05) is 26.4 Å². The van der Waals surface area contributed by atoms with E-state index in [0.29, 0.717) is 64.4 Å². The molecule has 3 rings (SSSR count). The summed E-state index contributed by atoms with van der Waals surface area (Å²) in [4.78, 5) is 24.8. The lowest BCUT2D eigenvalue weighted by Gasteiger charge is -2.33. The summed E-state index contributed by atoms with van der Waals surface area (Å²) in [6, 6.07) is 0. The lowest BCUT2D eigenvalue weighted by molar-refractivity contribution is -0.196. The highest BCUT2D eigenvalue weighted by Gasteiger charge is 2.53. The maximum absolute atomic E-state index is 12.5. The molecule has 232 valence electrons. The third-order valence-corrected chi connectivity index (χ3v) is 8.21. The average Bonchev–Trinajstić information content (AvgIpc) is 3.45. The molecule has 0 spiro atoms. The first-order chi connectivity index (χ1) is 18.9. The van der Waals surface area contributed by atoms with Crippen LogP contribution in [0.25, 0.3) is 0 Å². The van der Waals surface area contributed by atoms with Crippen molar-refractivity contribution in [3.63, 3.8) is 0 Å². The van der Waals surface area contributed by atoms with Gasteiger partial charge >= 0.3 is 11.9 Å². The van der Waals surface area contributed by atoms with Gasteiger partial charge in [-0.3, -0.25) is 9.59 Å². The van der Waals surface area contributed by atoms with Gasteiger partial charge in [0.25, 0.3) is 0 Å². The molecule has 9 heteroatoms. The molecule has 0 aromatic rings. The molecule has 40 heavy (non-hydrogen) atoms. The number of carbonyl (C=O) groups is 2. The van der Waals surface area contributed by atoms with Gasteiger partial charge in [0, 0.05) is 25.2 Å². The second kappa shape index (κ2) is 14.8. The van der Waals surface area contributed by atoms with Gasteiger partial charge in [0.05, 0.1) is 44.6 Å². The van der Waals surface area contributed by atoms with E-state index in [1.807, 2.05) is 13.8 Å². The van der Waals surface area contributed by atoms with Gasteiger partial charge in [-0.2, -0.15) is 0 Å². The first-order valence-electron chi connectivity index (χ1n) is 15.5. The highest BCUT2D eigenvalue weighted by molar-refractivity contribution is 5.69. The van der Waals surface area contributed by atoms with Crippen LogP contribution < -0.4 is 0 Å². The van der Waals surface area contributed by atoms with E-state index in [4.69, 9.17) is 33.2 Å². The molecule has 3 fully saturated rings. The number of hydrogen-bond acceptors (Lipinski definition) is 9. The molecular weight excluding hydrogens is 516 g/mol. The molecule has 3 aliphatic rings. The minimum absolute atomic E-state index is 0.00596. The number of fused-ring (bicyclic) bond motifs is 4. The zero-order valence-corrected chi connectivity index (χ0v) is 26.0. The predicted octanol–water partition coefficient (Wildman–Crippen LogP) is 5.71. The predicted molar refractivity (Wildman–Crippen MR) is 150 cm³/mol. The first-order valence-corrected chi connectivity index (χ1v) is 15.5. The Kier molecular flexibility index (Phi) is 12.3. The fraction of sp³-hybridized carbons (Fsp3) is 0.935. The van der Waals surface area contributed by atoms with Crippen LogP contribution in [0.3, 0.4) is 0 Å². The molecule has 0 radical (unpaired) electrons. The van der Waals surface area contributed by atoms with E-state index in [1.54, 1.807) is 0 Å². The number of hydrogen-bond donors (Lipinski definition) is 0. The summed E-state index contributed by atoms with van der Waals surface area (Å²) in [6.45, 7) is 16.0. The Balaban J connectivity index is 1.79. The van der Waals surface area contributed by atoms with Crippen molar-refractivity contribution in [2.45, 2.75) is 148 Å². The van der Waals surface area contributed by atoms with E-state index >= 15 is 0 Å². The standard InChI is InChI=1S/C31H54O9/c1-8-9-14-29(5)15-12-25(32)34-17-10-11-18-35-26(33)13-16-30(6)37-21-24(38-30)28-27(23(4)20-36-29)39-31(7,40-28)19-22(2)3/h22-24,27-28H,8-21H2,1-7H3. The highest BCUT2D eigenvalue weighted by Crippen LogP contribution is 2.42. The Morgan fingerprint density at radius 2 is 1.48 bits per heavy atom. The SMILES string of the molecule is CCCCC1(C)CCC(=O)OCCCCOC(=O)CCC2(C)OCC(O2)C2OC(C)(CC(C)C)OC2C(C)CO1. The fourth-order valence-corrected chi connectivity index (χ4v) is 5.91. The lowest BCUT2D eigenvalue weighted by atomic mass is 9.92. The van der Waals surface area contributed by atoms with Crippen LogP contribution in [0.4, 0.5) is 0 Å². The third kappa shape index (κ3) is 9.93. The summed E-state index contributed by atoms with van der Waals surface area (Å²) in [6.07, 6.45) is 5.48. The monoisotopic (exact) mass is 570 g/mol. The van der Waals surface area contributed by atoms with Gasteiger partial charge in [0.15, 0.2) is 11.6 Å². The number of unbranched alkanes of at least 4 members (excludes halogenated alkanes) is 1. The van der Waals surface area contributed by atoms with Gasteiger partial charge in [-0.25, -0.2) is 0 Å². The van der Waals surface area contributed by atoms with Crippen LogP contribution in [0.15, 0.2) is 0 Å². The van der Waals surface area contributed by atoms with E-state index in [9.17, 15) is 9.59 Å². The highest BCUT2D eigenvalue weighted by atomic mass is 16.8. The average molecular weight is 571 g/mol. The Bertz CT molecular complexity index is 819. The van der Waals surface area contributed by atoms with E-state index in [2.05, 4.69) is 34.6 Å². The second-order valence-electron chi connectivity index (χ2n) is 13.0. The van der Waals surface area contributed by atoms with Gasteiger partial charge in [0.2, 0.25) is 0 Å². The number of cyclic esters (lactones) is 2. The van der Waals surface area contributed by atoms with Gasteiger partial charge in [-0.15, -0.1) is 0 Å². The van der Waals surface area contributed by atoms with Crippen molar-refractivity contribution in [3.05, 3.63) is 0 Å². The van der Waals surface area contributed by atoms with Crippen LogP contribution in [0.1, 0.15) is 113 Å². The minimum Gasteiger partial charge on any atom is -0.466 e. The van der Waals surface area contributed by atoms with Crippen molar-refractivity contribution in [1.29, 1.82) is 0 Å². The molecule has 0 N–H and O–H groups in total. The minimum atomic E-state index is -0.903. The number of ether oxygens (including phenoxy) is 7. The van der Waals surface area contributed by atoms with Gasteiger partial charge in [-0.05, 0) is 52.4 Å². The van der Waals surface area contributed by atoms with E-state index in [1.165, 1.54) is 0 Å². The van der Waals surface area contributed by atoms with Gasteiger partial charge in [-0.1, -0.05) is 40.5 Å². The van der Waals surface area contributed by atoms with Crippen molar-refractivity contribution in [2.24, 2.45) is 11.8 Å². The van der Waals surface area contributed by atoms with Gasteiger partial charge in [0.1, 0.15) is 12.2 Å². The summed E-state index contributed by atoms with van der Waals surface area (Å²) >= 11 is 0. The maximum Gasteiger partial charge on any atom is 0.305 e. The Hall–Kier alpha value is -1.26. The molecule has 2 bridgehead atoms.